The molecule has 0 bridgehead atoms. The molecule has 19 heavy (non-hydrogen) atoms. The molecule has 1 aromatic heterocycles. The molecule has 1 aromatic carbocycles. The smallest absolute Gasteiger partial charge is 0.251 e. The van der Waals surface area contributed by atoms with E-state index in [4.69, 9.17) is 5.73 Å². The van der Waals surface area contributed by atoms with E-state index in [2.05, 4.69) is 10.3 Å². The molecule has 4 nitrogen and oxygen atoms in total. The third-order valence-corrected chi connectivity index (χ3v) is 4.73. The van der Waals surface area contributed by atoms with Gasteiger partial charge in [-0.1, -0.05) is 12.8 Å². The number of hydrogen-bond donors (Lipinski definition) is 2. The van der Waals surface area contributed by atoms with Gasteiger partial charge in [-0.05, 0) is 31.0 Å². The highest BCUT2D eigenvalue weighted by Gasteiger charge is 2.34. The highest BCUT2D eigenvalue weighted by Crippen LogP contribution is 2.29. The molecule has 2 aromatic rings. The van der Waals surface area contributed by atoms with Crippen LogP contribution in [0.3, 0.4) is 0 Å². The van der Waals surface area contributed by atoms with Crippen LogP contribution in [-0.4, -0.2) is 23.0 Å². The van der Waals surface area contributed by atoms with Gasteiger partial charge in [-0.2, -0.15) is 0 Å². The fourth-order valence-corrected chi connectivity index (χ4v) is 3.40. The molecular weight excluding hydrogens is 258 g/mol. The van der Waals surface area contributed by atoms with E-state index in [9.17, 15) is 4.79 Å². The summed E-state index contributed by atoms with van der Waals surface area (Å²) in [6.45, 7) is 0.512. The molecule has 1 saturated carbocycles. The molecule has 0 atom stereocenters. The molecule has 100 valence electrons. The quantitative estimate of drug-likeness (QED) is 0.903. The number of fused-ring (bicyclic) bond motifs is 1. The van der Waals surface area contributed by atoms with Crippen LogP contribution in [0.1, 0.15) is 36.0 Å². The standard InChI is InChI=1S/C14H17N3OS/c15-8-14(5-1-2-6-14)17-13(18)10-3-4-12-11(7-10)16-9-19-12/h3-4,7,9H,1-2,5-6,8,15H2,(H,17,18). The maximum atomic E-state index is 12.3. The van der Waals surface area contributed by atoms with Crippen LogP contribution in [0, 0.1) is 0 Å². The second-order valence-corrected chi connectivity index (χ2v) is 6.07. The molecular formula is C14H17N3OS. The molecule has 1 fully saturated rings. The molecule has 0 spiro atoms. The summed E-state index contributed by atoms with van der Waals surface area (Å²) in [5.74, 6) is -0.0396. The summed E-state index contributed by atoms with van der Waals surface area (Å²) >= 11 is 1.58. The van der Waals surface area contributed by atoms with Crippen LogP contribution in [0.2, 0.25) is 0 Å². The lowest BCUT2D eigenvalue weighted by Crippen LogP contribution is -2.51. The Morgan fingerprint density at radius 2 is 2.21 bits per heavy atom. The van der Waals surface area contributed by atoms with Gasteiger partial charge in [0, 0.05) is 12.1 Å². The van der Waals surface area contributed by atoms with E-state index in [1.54, 1.807) is 16.8 Å². The van der Waals surface area contributed by atoms with Gasteiger partial charge < -0.3 is 11.1 Å². The Morgan fingerprint density at radius 1 is 1.42 bits per heavy atom. The summed E-state index contributed by atoms with van der Waals surface area (Å²) in [6.07, 6.45) is 4.24. The molecule has 1 aliphatic rings. The van der Waals surface area contributed by atoms with E-state index < -0.39 is 0 Å². The molecule has 3 rings (SSSR count). The summed E-state index contributed by atoms with van der Waals surface area (Å²) in [7, 11) is 0. The minimum Gasteiger partial charge on any atom is -0.345 e. The van der Waals surface area contributed by atoms with Gasteiger partial charge in [0.2, 0.25) is 0 Å². The number of aromatic nitrogens is 1. The summed E-state index contributed by atoms with van der Waals surface area (Å²) in [6, 6.07) is 5.65. The zero-order valence-electron chi connectivity index (χ0n) is 10.7. The Kier molecular flexibility index (Phi) is 3.24. The van der Waals surface area contributed by atoms with E-state index in [-0.39, 0.29) is 11.4 Å². The molecule has 5 heteroatoms. The number of carbonyl (C=O) groups is 1. The van der Waals surface area contributed by atoms with E-state index in [0.29, 0.717) is 12.1 Å². The SMILES string of the molecule is NCC1(NC(=O)c2ccc3scnc3c2)CCCC1. The van der Waals surface area contributed by atoms with E-state index >= 15 is 0 Å². The maximum absolute atomic E-state index is 12.3. The average molecular weight is 275 g/mol. The Balaban J connectivity index is 1.82. The first kappa shape index (κ1) is 12.6. The van der Waals surface area contributed by atoms with E-state index in [1.165, 1.54) is 0 Å². The molecule has 0 saturated heterocycles. The van der Waals surface area contributed by atoms with Gasteiger partial charge >= 0.3 is 0 Å². The van der Waals surface area contributed by atoms with Gasteiger partial charge in [0.05, 0.1) is 21.3 Å². The topological polar surface area (TPSA) is 68.0 Å². The summed E-state index contributed by atoms with van der Waals surface area (Å²) < 4.78 is 1.10. The monoisotopic (exact) mass is 275 g/mol. The fraction of sp³-hybridized carbons (Fsp3) is 0.429. The predicted octanol–water partition coefficient (Wildman–Crippen LogP) is 2.30. The zero-order chi connectivity index (χ0) is 13.3. The van der Waals surface area contributed by atoms with Crippen molar-refractivity contribution < 1.29 is 4.79 Å². The number of carbonyl (C=O) groups excluding carboxylic acids is 1. The van der Waals surface area contributed by atoms with E-state index in [1.807, 2.05) is 18.2 Å². The zero-order valence-corrected chi connectivity index (χ0v) is 11.5. The van der Waals surface area contributed by atoms with Gasteiger partial charge in [-0.25, -0.2) is 4.98 Å². The lowest BCUT2D eigenvalue weighted by atomic mass is 9.97. The first-order valence-corrected chi connectivity index (χ1v) is 7.46. The minimum absolute atomic E-state index is 0.0396. The minimum atomic E-state index is -0.200. The first-order valence-electron chi connectivity index (χ1n) is 6.58. The fourth-order valence-electron chi connectivity index (χ4n) is 2.74. The van der Waals surface area contributed by atoms with Crippen molar-refractivity contribution in [3.05, 3.63) is 29.3 Å². The average Bonchev–Trinajstić information content (AvgIpc) is 3.06. The Bertz CT molecular complexity index is 602. The van der Waals surface area contributed by atoms with E-state index in [0.717, 1.165) is 35.9 Å². The van der Waals surface area contributed by atoms with Gasteiger partial charge in [0.1, 0.15) is 0 Å². The van der Waals surface area contributed by atoms with Crippen LogP contribution in [0.25, 0.3) is 10.2 Å². The lowest BCUT2D eigenvalue weighted by molar-refractivity contribution is 0.0903. The molecule has 0 unspecified atom stereocenters. The summed E-state index contributed by atoms with van der Waals surface area (Å²) in [5.41, 5.74) is 8.99. The molecule has 0 aliphatic heterocycles. The largest absolute Gasteiger partial charge is 0.345 e. The van der Waals surface area contributed by atoms with Crippen LogP contribution in [0.5, 0.6) is 0 Å². The molecule has 1 aliphatic carbocycles. The van der Waals surface area contributed by atoms with Gasteiger partial charge in [0.25, 0.3) is 5.91 Å². The third-order valence-electron chi connectivity index (χ3n) is 3.92. The number of amides is 1. The van der Waals surface area contributed by atoms with Crippen molar-refractivity contribution in [1.29, 1.82) is 0 Å². The van der Waals surface area contributed by atoms with Crippen LogP contribution in [0.4, 0.5) is 0 Å². The summed E-state index contributed by atoms with van der Waals surface area (Å²) in [5, 5.41) is 3.13. The van der Waals surface area contributed by atoms with Crippen LogP contribution >= 0.6 is 11.3 Å². The van der Waals surface area contributed by atoms with Crippen molar-refractivity contribution in [2.45, 2.75) is 31.2 Å². The highest BCUT2D eigenvalue weighted by atomic mass is 32.1. The number of nitrogens with two attached hydrogens (primary N) is 1. The van der Waals surface area contributed by atoms with Crippen LogP contribution in [-0.2, 0) is 0 Å². The normalized spacial score (nSPS) is 17.7. The Morgan fingerprint density at radius 3 is 2.95 bits per heavy atom. The number of rotatable bonds is 3. The molecule has 0 radical (unpaired) electrons. The number of nitrogens with one attached hydrogen (secondary N) is 1. The number of nitrogens with zero attached hydrogens (tertiary/aromatic N) is 1. The predicted molar refractivity (Wildman–Crippen MR) is 77.3 cm³/mol. The van der Waals surface area contributed by atoms with Crippen molar-refractivity contribution in [2.24, 2.45) is 5.73 Å². The number of benzene rings is 1. The van der Waals surface area contributed by atoms with Gasteiger partial charge in [-0.15, -0.1) is 11.3 Å². The second-order valence-electron chi connectivity index (χ2n) is 5.18. The van der Waals surface area contributed by atoms with Crippen LogP contribution in [0.15, 0.2) is 23.7 Å². The van der Waals surface area contributed by atoms with Crippen molar-refractivity contribution >= 4 is 27.5 Å². The maximum Gasteiger partial charge on any atom is 0.251 e. The third kappa shape index (κ3) is 2.35. The second kappa shape index (κ2) is 4.90. The van der Waals surface area contributed by atoms with Gasteiger partial charge in [0.15, 0.2) is 0 Å². The van der Waals surface area contributed by atoms with Crippen molar-refractivity contribution in [2.75, 3.05) is 6.54 Å². The van der Waals surface area contributed by atoms with Crippen molar-refractivity contribution in [3.8, 4) is 0 Å². The summed E-state index contributed by atoms with van der Waals surface area (Å²) in [4.78, 5) is 16.6. The van der Waals surface area contributed by atoms with Crippen LogP contribution < -0.4 is 11.1 Å². The molecule has 1 amide bonds. The Hall–Kier alpha value is -1.46. The molecule has 3 N–H and O–H groups in total. The first-order chi connectivity index (χ1) is 9.22. The number of thiazole rings is 1. The number of hydrogen-bond acceptors (Lipinski definition) is 4. The molecule has 1 heterocycles. The highest BCUT2D eigenvalue weighted by molar-refractivity contribution is 7.16. The van der Waals surface area contributed by atoms with Gasteiger partial charge in [-0.3, -0.25) is 4.79 Å². The van der Waals surface area contributed by atoms with Crippen molar-refractivity contribution in [3.63, 3.8) is 0 Å². The van der Waals surface area contributed by atoms with Crippen molar-refractivity contribution in [1.82, 2.24) is 10.3 Å². The Labute approximate surface area is 116 Å². The lowest BCUT2D eigenvalue weighted by Gasteiger charge is -2.28.